The van der Waals surface area contributed by atoms with E-state index in [2.05, 4.69) is 25.7 Å². The number of benzene rings is 8. The van der Waals surface area contributed by atoms with Crippen molar-refractivity contribution >= 4 is 103 Å². The molecule has 11 aromatic rings. The van der Waals surface area contributed by atoms with E-state index in [-0.39, 0.29) is 65.2 Å². The number of carbonyl (C=O) groups excluding carboxylic acids is 5. The van der Waals surface area contributed by atoms with Crippen LogP contribution in [0, 0.1) is 0 Å². The van der Waals surface area contributed by atoms with E-state index >= 15 is 0 Å². The summed E-state index contributed by atoms with van der Waals surface area (Å²) >= 11 is 21.4. The Hall–Kier alpha value is -12.3. The van der Waals surface area contributed by atoms with Crippen molar-refractivity contribution in [3.05, 3.63) is 327 Å². The fraction of sp³-hybridized carbons (Fsp3) is 0.165. The summed E-state index contributed by atoms with van der Waals surface area (Å²) in [7, 11) is 5.70. The third kappa shape index (κ3) is 24.4. The monoisotopic (exact) mass is 1620 g/mol. The number of esters is 1. The SMILES string of the molecule is COC(=O)c1ccc(N)cc1.COc1c[nH]c(=O)cc1-c1cc(Cl)ccc1C(C)=O.COc1cn(C(Cc2ccccc2)C(=O)Cc2ccc(C(=O)O)cc2)c(=O)cc1-c1cc(Cl)ccc1C(C)=O.COc1cn(C(Cc2ccccc2)C(=O)O)c(=O)cc1-c1cc(Cl)ccc1C(C)=O.O=C(O)[C@H](Br)Cc1ccccc1. The van der Waals surface area contributed by atoms with Gasteiger partial charge in [0, 0.05) is 97.8 Å². The number of aliphatic carboxylic acids is 2. The van der Waals surface area contributed by atoms with Crippen LogP contribution in [0.25, 0.3) is 33.4 Å². The molecule has 11 rings (SSSR count). The largest absolute Gasteiger partial charge is 0.495 e. The molecule has 0 fully saturated rings. The maximum absolute atomic E-state index is 13.7. The number of hydrogen-bond acceptors (Lipinski definition) is 16. The lowest BCUT2D eigenvalue weighted by molar-refractivity contribution is -0.141. The van der Waals surface area contributed by atoms with E-state index in [0.717, 1.165) is 21.3 Å². The van der Waals surface area contributed by atoms with Gasteiger partial charge >= 0.3 is 23.9 Å². The van der Waals surface area contributed by atoms with Gasteiger partial charge in [0.2, 0.25) is 5.56 Å². The van der Waals surface area contributed by atoms with Crippen LogP contribution >= 0.6 is 50.7 Å². The van der Waals surface area contributed by atoms with Gasteiger partial charge in [0.05, 0.1) is 58.0 Å². The fourth-order valence-electron chi connectivity index (χ4n) is 11.3. The summed E-state index contributed by atoms with van der Waals surface area (Å²) in [5.41, 5.74) is 12.8. The number of ketones is 4. The van der Waals surface area contributed by atoms with Crippen molar-refractivity contribution in [1.29, 1.82) is 0 Å². The summed E-state index contributed by atoms with van der Waals surface area (Å²) in [4.78, 5) is 134. The first-order valence-electron chi connectivity index (χ1n) is 33.8. The Morgan fingerprint density at radius 1 is 0.441 bits per heavy atom. The molecule has 3 atom stereocenters. The smallest absolute Gasteiger partial charge is 0.337 e. The summed E-state index contributed by atoms with van der Waals surface area (Å²) in [6.45, 7) is 4.31. The molecule has 0 aliphatic carbocycles. The Morgan fingerprint density at radius 2 is 0.820 bits per heavy atom. The molecule has 22 nitrogen and oxygen atoms in total. The number of H-pyrrole nitrogens is 1. The van der Waals surface area contributed by atoms with Crippen LogP contribution in [-0.2, 0) is 44.8 Å². The van der Waals surface area contributed by atoms with Crippen LogP contribution in [-0.4, -0.2) is 110 Å². The molecule has 0 aliphatic rings. The molecule has 0 radical (unpaired) electrons. The van der Waals surface area contributed by atoms with Gasteiger partial charge in [-0.1, -0.05) is 154 Å². The zero-order valence-corrected chi connectivity index (χ0v) is 64.8. The van der Waals surface area contributed by atoms with Crippen molar-refractivity contribution < 1.29 is 72.6 Å². The third-order valence-corrected chi connectivity index (χ3v) is 18.3. The number of ether oxygens (including phenoxy) is 4. The average Bonchev–Trinajstić information content (AvgIpc) is 0.785. The quantitative estimate of drug-likeness (QED) is 0.0162. The summed E-state index contributed by atoms with van der Waals surface area (Å²) in [6.07, 6.45) is 5.22. The molecule has 3 aromatic heterocycles. The molecule has 0 saturated heterocycles. The zero-order valence-electron chi connectivity index (χ0n) is 60.9. The Labute approximate surface area is 661 Å². The number of halogens is 4. The Morgan fingerprint density at radius 3 is 1.19 bits per heavy atom. The number of anilines is 1. The molecule has 3 heterocycles. The van der Waals surface area contributed by atoms with Crippen LogP contribution in [0.1, 0.15) is 107 Å². The molecule has 0 saturated carbocycles. The minimum absolute atomic E-state index is 0.00329. The summed E-state index contributed by atoms with van der Waals surface area (Å²) in [5, 5.41) is 28.8. The van der Waals surface area contributed by atoms with Gasteiger partial charge in [-0.15, -0.1) is 0 Å². The maximum Gasteiger partial charge on any atom is 0.337 e. The molecule has 0 bridgehead atoms. The van der Waals surface area contributed by atoms with Gasteiger partial charge in [-0.25, -0.2) is 14.4 Å². The Bertz CT molecular complexity index is 5350. The van der Waals surface area contributed by atoms with Crippen LogP contribution in [0.2, 0.25) is 15.1 Å². The minimum Gasteiger partial charge on any atom is -0.495 e. The van der Waals surface area contributed by atoms with Crippen molar-refractivity contribution in [3.8, 4) is 50.6 Å². The number of nitrogen functional groups attached to an aromatic ring is 1. The fourth-order valence-corrected chi connectivity index (χ4v) is 12.2. The highest BCUT2D eigenvalue weighted by Crippen LogP contribution is 2.37. The standard InChI is InChI=1S/C31H26ClNO6.C23H20ClNO5.C14H12ClNO3.C9H9BrO2.C8H9NO2/c1-19(34)24-13-12-23(32)16-25(24)26-17-30(36)33(18-29(26)39-2)27(14-20-6-4-3-5-7-20)28(35)15-21-8-10-22(11-9-21)31(37)38;1-14(26)17-9-8-16(24)11-18(17)19-12-22(27)25(13-21(19)30-2)20(23(28)29)10-15-6-4-3-5-7-15;1-8(17)10-4-3-9(15)5-11(10)12-6-14(18)16-7-13(12)19-2;10-8(9(11)12)6-7-4-2-1-3-5-7;1-11-8(10)6-2-4-7(9)5-3-6/h3-13,16-18,27H,14-15H2,1-2H3,(H,37,38);3-9,11-13,20H,10H2,1-2H3,(H,28,29);3-7H,1-2H3,(H,16,18);1-5,8H,6H2,(H,11,12);2-5H,9H2,1H3/t;;;8-;/m...1./s1. The molecule has 0 amide bonds. The molecule has 111 heavy (non-hydrogen) atoms. The predicted octanol–water partition coefficient (Wildman–Crippen LogP) is 16.0. The highest BCUT2D eigenvalue weighted by Gasteiger charge is 2.28. The van der Waals surface area contributed by atoms with E-state index in [1.165, 1.54) is 103 Å². The van der Waals surface area contributed by atoms with Crippen molar-refractivity contribution in [3.63, 3.8) is 0 Å². The number of nitrogens with zero attached hydrogens (tertiary/aromatic N) is 2. The molecule has 2 unspecified atom stereocenters. The molecule has 26 heteroatoms. The number of aromatic amines is 1. The van der Waals surface area contributed by atoms with Crippen molar-refractivity contribution in [2.24, 2.45) is 0 Å². The number of carboxylic acid groups (broad SMARTS) is 3. The number of Topliss-reactive ketones (excluding diaryl/α,β-unsaturated/α-hetero) is 4. The van der Waals surface area contributed by atoms with Crippen molar-refractivity contribution in [1.82, 2.24) is 14.1 Å². The van der Waals surface area contributed by atoms with Gasteiger partial charge in [0.15, 0.2) is 23.1 Å². The van der Waals surface area contributed by atoms with Crippen LogP contribution in [0.3, 0.4) is 0 Å². The molecule has 0 aliphatic heterocycles. The van der Waals surface area contributed by atoms with E-state index in [0.29, 0.717) is 99.9 Å². The van der Waals surface area contributed by atoms with Crippen LogP contribution in [0.4, 0.5) is 5.69 Å². The van der Waals surface area contributed by atoms with Crippen LogP contribution in [0.5, 0.6) is 17.2 Å². The van der Waals surface area contributed by atoms with Gasteiger partial charge in [0.1, 0.15) is 28.1 Å². The molecule has 0 spiro atoms. The lowest BCUT2D eigenvalue weighted by Crippen LogP contribution is -2.32. The van der Waals surface area contributed by atoms with E-state index in [1.54, 1.807) is 103 Å². The number of carboxylic acids is 3. The Kier molecular flexibility index (Phi) is 32.0. The van der Waals surface area contributed by atoms with E-state index in [1.807, 2.05) is 78.9 Å². The van der Waals surface area contributed by atoms with Gasteiger partial charge < -0.3 is 49.6 Å². The zero-order chi connectivity index (χ0) is 81.2. The van der Waals surface area contributed by atoms with Gasteiger partial charge in [-0.2, -0.15) is 0 Å². The number of rotatable bonds is 24. The second-order valence-electron chi connectivity index (χ2n) is 24.5. The second kappa shape index (κ2) is 41.3. The van der Waals surface area contributed by atoms with Gasteiger partial charge in [-0.3, -0.25) is 42.9 Å². The first-order chi connectivity index (χ1) is 52.9. The number of carbonyl (C=O) groups is 8. The van der Waals surface area contributed by atoms with Crippen molar-refractivity contribution in [2.45, 2.75) is 63.4 Å². The topological polar surface area (TPSA) is 337 Å². The van der Waals surface area contributed by atoms with Gasteiger partial charge in [-0.05, 0) is 157 Å². The lowest BCUT2D eigenvalue weighted by Gasteiger charge is -2.21. The number of pyridine rings is 3. The van der Waals surface area contributed by atoms with Crippen molar-refractivity contribution in [2.75, 3.05) is 34.2 Å². The first-order valence-corrected chi connectivity index (χ1v) is 35.8. The molecule has 572 valence electrons. The van der Waals surface area contributed by atoms with Gasteiger partial charge in [0.25, 0.3) is 11.1 Å². The van der Waals surface area contributed by atoms with Crippen LogP contribution < -0.4 is 36.6 Å². The number of nitrogens with two attached hydrogens (primary N) is 1. The first kappa shape index (κ1) is 86.0. The number of aromatic nitrogens is 3. The van der Waals surface area contributed by atoms with E-state index < -0.39 is 45.9 Å². The predicted molar refractivity (Wildman–Crippen MR) is 430 cm³/mol. The Balaban J connectivity index is 0.000000209. The minimum atomic E-state index is -1.14. The lowest BCUT2D eigenvalue weighted by atomic mass is 9.95. The number of nitrogens with one attached hydrogen (secondary N) is 1. The normalized spacial score (nSPS) is 11.2. The highest BCUT2D eigenvalue weighted by atomic mass is 79.9. The summed E-state index contributed by atoms with van der Waals surface area (Å²) in [6, 6.07) is 57.1. The number of alkyl halides is 1. The maximum atomic E-state index is 13.7. The average molecular weight is 1630 g/mol. The molecule has 8 aromatic carbocycles. The number of hydrogen-bond donors (Lipinski definition) is 5. The van der Waals surface area contributed by atoms with E-state index in [9.17, 15) is 57.8 Å². The summed E-state index contributed by atoms with van der Waals surface area (Å²) < 4.78 is 23.3. The summed E-state index contributed by atoms with van der Waals surface area (Å²) in [5.74, 6) is -3.04. The second-order valence-corrected chi connectivity index (χ2v) is 26.9. The number of methoxy groups -OCH3 is 4. The van der Waals surface area contributed by atoms with Crippen LogP contribution in [0.15, 0.2) is 245 Å². The molecule has 6 N–H and O–H groups in total. The molecular weight excluding hydrogens is 1550 g/mol. The highest BCUT2D eigenvalue weighted by molar-refractivity contribution is 9.10. The van der Waals surface area contributed by atoms with E-state index in [4.69, 9.17) is 65.0 Å². The number of aromatic carboxylic acids is 1. The molecular formula is C85H76BrCl3N4O18. The third-order valence-electron chi connectivity index (χ3n) is 16.9.